The van der Waals surface area contributed by atoms with Gasteiger partial charge >= 0.3 is 0 Å². The maximum absolute atomic E-state index is 12.6. The van der Waals surface area contributed by atoms with E-state index in [1.165, 1.54) is 0 Å². The molecule has 0 aliphatic rings. The highest BCUT2D eigenvalue weighted by molar-refractivity contribution is 6.45. The van der Waals surface area contributed by atoms with Crippen molar-refractivity contribution in [3.8, 4) is 0 Å². The lowest BCUT2D eigenvalue weighted by atomic mass is 10.1. The number of rotatable bonds is 8. The van der Waals surface area contributed by atoms with Crippen LogP contribution in [0.2, 0.25) is 0 Å². The zero-order valence-electron chi connectivity index (χ0n) is 15.9. The number of ketones is 1. The highest BCUT2D eigenvalue weighted by Gasteiger charge is 2.23. The standard InChI is InChI=1S/C20H27N3O3/c1-5-14(4)21-20(26)19(25)16-12-23(13-18(24)22(6-2)7-3)17-11-9-8-10-15(16)17/h8-12,14H,5-7,13H2,1-4H3,(H,21,26)/t14-/m1/s1. The fourth-order valence-electron chi connectivity index (χ4n) is 2.89. The average molecular weight is 357 g/mol. The quantitative estimate of drug-likeness (QED) is 0.583. The Kier molecular flexibility index (Phi) is 6.55. The minimum absolute atomic E-state index is 0.0150. The topological polar surface area (TPSA) is 71.4 Å². The second kappa shape index (κ2) is 8.65. The van der Waals surface area contributed by atoms with E-state index in [9.17, 15) is 14.4 Å². The minimum atomic E-state index is -0.614. The number of fused-ring (bicyclic) bond motifs is 1. The van der Waals surface area contributed by atoms with Gasteiger partial charge in [0, 0.05) is 36.2 Å². The number of nitrogens with zero attached hydrogens (tertiary/aromatic N) is 2. The van der Waals surface area contributed by atoms with Crippen molar-refractivity contribution in [2.75, 3.05) is 13.1 Å². The van der Waals surface area contributed by atoms with Gasteiger partial charge in [-0.05, 0) is 33.3 Å². The number of para-hydroxylation sites is 1. The summed E-state index contributed by atoms with van der Waals surface area (Å²) < 4.78 is 1.75. The van der Waals surface area contributed by atoms with Gasteiger partial charge in [-0.2, -0.15) is 0 Å². The summed E-state index contributed by atoms with van der Waals surface area (Å²) in [6.45, 7) is 9.09. The predicted molar refractivity (Wildman–Crippen MR) is 102 cm³/mol. The van der Waals surface area contributed by atoms with Gasteiger partial charge in [-0.3, -0.25) is 14.4 Å². The SMILES string of the molecule is CC[C@@H](C)NC(=O)C(=O)c1cn(CC(=O)N(CC)CC)c2ccccc12. The number of Topliss-reactive ketones (excluding diaryl/α,β-unsaturated/α-hetero) is 1. The Morgan fingerprint density at radius 3 is 2.38 bits per heavy atom. The van der Waals surface area contributed by atoms with E-state index < -0.39 is 11.7 Å². The summed E-state index contributed by atoms with van der Waals surface area (Å²) in [5, 5.41) is 3.39. The molecule has 0 radical (unpaired) electrons. The Morgan fingerprint density at radius 1 is 1.12 bits per heavy atom. The van der Waals surface area contributed by atoms with Gasteiger partial charge in [-0.15, -0.1) is 0 Å². The molecule has 0 aliphatic carbocycles. The number of carbonyl (C=O) groups excluding carboxylic acids is 3. The second-order valence-corrected chi connectivity index (χ2v) is 6.37. The third-order valence-electron chi connectivity index (χ3n) is 4.65. The molecule has 1 aromatic carbocycles. The zero-order valence-corrected chi connectivity index (χ0v) is 15.9. The van der Waals surface area contributed by atoms with Crippen molar-refractivity contribution in [3.63, 3.8) is 0 Å². The van der Waals surface area contributed by atoms with Crippen LogP contribution in [0.15, 0.2) is 30.5 Å². The van der Waals surface area contributed by atoms with E-state index in [1.54, 1.807) is 21.7 Å². The monoisotopic (exact) mass is 357 g/mol. The number of carbonyl (C=O) groups is 3. The smallest absolute Gasteiger partial charge is 0.292 e. The van der Waals surface area contributed by atoms with E-state index in [-0.39, 0.29) is 18.5 Å². The van der Waals surface area contributed by atoms with E-state index in [2.05, 4.69) is 5.32 Å². The van der Waals surface area contributed by atoms with Crippen molar-refractivity contribution in [2.45, 2.75) is 46.7 Å². The molecular weight excluding hydrogens is 330 g/mol. The second-order valence-electron chi connectivity index (χ2n) is 6.37. The van der Waals surface area contributed by atoms with Crippen LogP contribution in [0.3, 0.4) is 0 Å². The summed E-state index contributed by atoms with van der Waals surface area (Å²) in [5.74, 6) is -1.20. The Hall–Kier alpha value is -2.63. The van der Waals surface area contributed by atoms with Crippen LogP contribution in [0.4, 0.5) is 0 Å². The zero-order chi connectivity index (χ0) is 19.3. The molecule has 2 rings (SSSR count). The molecule has 2 amide bonds. The Bertz CT molecular complexity index is 806. The molecule has 6 nitrogen and oxygen atoms in total. The van der Waals surface area contributed by atoms with Crippen molar-refractivity contribution in [3.05, 3.63) is 36.0 Å². The van der Waals surface area contributed by atoms with Crippen molar-refractivity contribution in [2.24, 2.45) is 0 Å². The maximum atomic E-state index is 12.6. The number of amides is 2. The Balaban J connectivity index is 2.36. The predicted octanol–water partition coefficient (Wildman–Crippen LogP) is 2.61. The Labute approximate surface area is 154 Å². The summed E-state index contributed by atoms with van der Waals surface area (Å²) in [5.41, 5.74) is 1.10. The molecule has 26 heavy (non-hydrogen) atoms. The minimum Gasteiger partial charge on any atom is -0.347 e. The Morgan fingerprint density at radius 2 is 1.77 bits per heavy atom. The van der Waals surface area contributed by atoms with Crippen LogP contribution in [0.1, 0.15) is 44.5 Å². The van der Waals surface area contributed by atoms with Gasteiger partial charge in [0.2, 0.25) is 5.91 Å². The fraction of sp³-hybridized carbons (Fsp3) is 0.450. The first-order chi connectivity index (χ1) is 12.4. The van der Waals surface area contributed by atoms with E-state index in [0.29, 0.717) is 24.0 Å². The molecule has 2 aromatic rings. The first-order valence-electron chi connectivity index (χ1n) is 9.13. The normalized spacial score (nSPS) is 12.0. The fourth-order valence-corrected chi connectivity index (χ4v) is 2.89. The molecule has 0 fully saturated rings. The molecule has 0 saturated heterocycles. The number of aromatic nitrogens is 1. The highest BCUT2D eigenvalue weighted by Crippen LogP contribution is 2.22. The third-order valence-corrected chi connectivity index (χ3v) is 4.65. The van der Waals surface area contributed by atoms with Crippen molar-refractivity contribution in [1.82, 2.24) is 14.8 Å². The summed E-state index contributed by atoms with van der Waals surface area (Å²) in [4.78, 5) is 39.1. The molecule has 0 bridgehead atoms. The molecule has 0 saturated carbocycles. The number of likely N-dealkylation sites (N-methyl/N-ethyl adjacent to an activating group) is 1. The summed E-state index contributed by atoms with van der Waals surface area (Å²) >= 11 is 0. The van der Waals surface area contributed by atoms with Gasteiger partial charge in [0.1, 0.15) is 6.54 Å². The first-order valence-corrected chi connectivity index (χ1v) is 9.13. The van der Waals surface area contributed by atoms with E-state index in [0.717, 1.165) is 11.9 Å². The highest BCUT2D eigenvalue weighted by atomic mass is 16.2. The summed E-state index contributed by atoms with van der Waals surface area (Å²) in [7, 11) is 0. The lowest BCUT2D eigenvalue weighted by Crippen LogP contribution is -2.37. The van der Waals surface area contributed by atoms with Crippen LogP contribution in [0.25, 0.3) is 10.9 Å². The van der Waals surface area contributed by atoms with Crippen molar-refractivity contribution >= 4 is 28.5 Å². The lowest BCUT2D eigenvalue weighted by molar-refractivity contribution is -0.131. The van der Waals surface area contributed by atoms with Crippen LogP contribution in [-0.2, 0) is 16.1 Å². The van der Waals surface area contributed by atoms with Crippen LogP contribution in [0, 0.1) is 0 Å². The molecule has 1 atom stereocenters. The molecule has 1 aromatic heterocycles. The van der Waals surface area contributed by atoms with Gasteiger partial charge < -0.3 is 14.8 Å². The van der Waals surface area contributed by atoms with Crippen LogP contribution < -0.4 is 5.32 Å². The van der Waals surface area contributed by atoms with Crippen LogP contribution in [0.5, 0.6) is 0 Å². The van der Waals surface area contributed by atoms with Gasteiger partial charge in [0.15, 0.2) is 0 Å². The van der Waals surface area contributed by atoms with Gasteiger partial charge in [0.25, 0.3) is 11.7 Å². The molecule has 0 unspecified atom stereocenters. The van der Waals surface area contributed by atoms with Gasteiger partial charge in [-0.25, -0.2) is 0 Å². The number of hydrogen-bond donors (Lipinski definition) is 1. The molecular formula is C20H27N3O3. The van der Waals surface area contributed by atoms with E-state index in [1.807, 2.05) is 45.9 Å². The number of hydrogen-bond acceptors (Lipinski definition) is 3. The van der Waals surface area contributed by atoms with Crippen molar-refractivity contribution in [1.29, 1.82) is 0 Å². The lowest BCUT2D eigenvalue weighted by Gasteiger charge is -2.19. The molecule has 0 spiro atoms. The third kappa shape index (κ3) is 4.12. The van der Waals surface area contributed by atoms with Crippen LogP contribution in [-0.4, -0.2) is 46.2 Å². The first kappa shape index (κ1) is 19.7. The molecule has 1 N–H and O–H groups in total. The van der Waals surface area contributed by atoms with Gasteiger partial charge in [-0.1, -0.05) is 25.1 Å². The summed E-state index contributed by atoms with van der Waals surface area (Å²) in [6, 6.07) is 7.27. The van der Waals surface area contributed by atoms with E-state index >= 15 is 0 Å². The molecule has 1 heterocycles. The van der Waals surface area contributed by atoms with E-state index in [4.69, 9.17) is 0 Å². The molecule has 0 aliphatic heterocycles. The average Bonchev–Trinajstić information content (AvgIpc) is 3.00. The largest absolute Gasteiger partial charge is 0.347 e. The van der Waals surface area contributed by atoms with Gasteiger partial charge in [0.05, 0.1) is 5.56 Å². The molecule has 6 heteroatoms. The number of benzene rings is 1. The van der Waals surface area contributed by atoms with Crippen LogP contribution >= 0.6 is 0 Å². The van der Waals surface area contributed by atoms with Crippen molar-refractivity contribution < 1.29 is 14.4 Å². The maximum Gasteiger partial charge on any atom is 0.292 e. The number of nitrogens with one attached hydrogen (secondary N) is 1. The molecule has 140 valence electrons. The summed E-state index contributed by atoms with van der Waals surface area (Å²) in [6.07, 6.45) is 2.36.